The molecule has 2 aromatic rings. The van der Waals surface area contributed by atoms with Gasteiger partial charge in [-0.2, -0.15) is 4.31 Å². The number of nitrogens with zero attached hydrogens (tertiary/aromatic N) is 1. The van der Waals surface area contributed by atoms with Gasteiger partial charge in [0.1, 0.15) is 18.1 Å². The summed E-state index contributed by atoms with van der Waals surface area (Å²) in [7, 11) is -3.41. The molecule has 8 heteroatoms. The second-order valence-corrected chi connectivity index (χ2v) is 8.32. The van der Waals surface area contributed by atoms with E-state index in [0.29, 0.717) is 31.1 Å². The zero-order chi connectivity index (χ0) is 19.8. The van der Waals surface area contributed by atoms with Crippen LogP contribution in [0.1, 0.15) is 12.8 Å². The summed E-state index contributed by atoms with van der Waals surface area (Å²) >= 11 is 0. The fraction of sp³-hybridized carbons (Fsp3) is 0.350. The quantitative estimate of drug-likeness (QED) is 0.647. The van der Waals surface area contributed by atoms with Gasteiger partial charge in [-0.15, -0.1) is 0 Å². The van der Waals surface area contributed by atoms with Crippen LogP contribution in [0.15, 0.2) is 59.5 Å². The molecule has 0 atom stereocenters. The summed E-state index contributed by atoms with van der Waals surface area (Å²) in [5.74, 6) is 0.951. The van der Waals surface area contributed by atoms with Crippen molar-refractivity contribution in [1.82, 2.24) is 9.62 Å². The summed E-state index contributed by atoms with van der Waals surface area (Å²) in [5, 5.41) is 2.70. The predicted molar refractivity (Wildman–Crippen MR) is 105 cm³/mol. The van der Waals surface area contributed by atoms with Crippen LogP contribution < -0.4 is 14.8 Å². The molecule has 1 saturated heterocycles. The van der Waals surface area contributed by atoms with E-state index in [9.17, 15) is 13.2 Å². The molecule has 2 aromatic carbocycles. The Morgan fingerprint density at radius 1 is 0.929 bits per heavy atom. The largest absolute Gasteiger partial charge is 0.492 e. The van der Waals surface area contributed by atoms with E-state index in [1.807, 2.05) is 18.2 Å². The summed E-state index contributed by atoms with van der Waals surface area (Å²) in [4.78, 5) is 12.0. The van der Waals surface area contributed by atoms with E-state index < -0.39 is 10.0 Å². The van der Waals surface area contributed by atoms with Crippen molar-refractivity contribution in [2.24, 2.45) is 0 Å². The summed E-state index contributed by atoms with van der Waals surface area (Å²) < 4.78 is 37.4. The molecular formula is C20H24N2O5S. The maximum absolute atomic E-state index is 12.5. The average Bonchev–Trinajstić information content (AvgIpc) is 3.27. The van der Waals surface area contributed by atoms with Gasteiger partial charge in [-0.05, 0) is 49.2 Å². The van der Waals surface area contributed by atoms with Gasteiger partial charge in [-0.1, -0.05) is 18.2 Å². The molecule has 0 aromatic heterocycles. The molecule has 28 heavy (non-hydrogen) atoms. The first kappa shape index (κ1) is 20.2. The van der Waals surface area contributed by atoms with Gasteiger partial charge in [0.05, 0.1) is 11.4 Å². The van der Waals surface area contributed by atoms with Crippen molar-refractivity contribution in [3.8, 4) is 11.5 Å². The third-order valence-corrected chi connectivity index (χ3v) is 6.25. The van der Waals surface area contributed by atoms with E-state index in [0.717, 1.165) is 12.8 Å². The second-order valence-electron chi connectivity index (χ2n) is 6.38. The molecule has 1 N–H and O–H groups in total. The molecule has 0 spiro atoms. The number of nitrogens with one attached hydrogen (secondary N) is 1. The first-order chi connectivity index (χ1) is 13.6. The van der Waals surface area contributed by atoms with Crippen LogP contribution >= 0.6 is 0 Å². The van der Waals surface area contributed by atoms with Gasteiger partial charge in [0.2, 0.25) is 10.0 Å². The molecule has 1 fully saturated rings. The highest BCUT2D eigenvalue weighted by atomic mass is 32.2. The fourth-order valence-electron chi connectivity index (χ4n) is 2.86. The van der Waals surface area contributed by atoms with Gasteiger partial charge >= 0.3 is 0 Å². The van der Waals surface area contributed by atoms with Crippen LogP contribution in [-0.4, -0.2) is 51.5 Å². The van der Waals surface area contributed by atoms with Crippen molar-refractivity contribution in [3.63, 3.8) is 0 Å². The number of sulfonamides is 1. The Kier molecular flexibility index (Phi) is 6.89. The summed E-state index contributed by atoms with van der Waals surface area (Å²) in [6.07, 6.45) is 1.81. The monoisotopic (exact) mass is 404 g/mol. The highest BCUT2D eigenvalue weighted by Crippen LogP contribution is 2.22. The average molecular weight is 404 g/mol. The van der Waals surface area contributed by atoms with Crippen LogP contribution in [0.5, 0.6) is 11.5 Å². The highest BCUT2D eigenvalue weighted by Gasteiger charge is 2.26. The smallest absolute Gasteiger partial charge is 0.258 e. The molecule has 0 radical (unpaired) electrons. The minimum atomic E-state index is -3.41. The molecule has 1 amide bonds. The maximum Gasteiger partial charge on any atom is 0.258 e. The Balaban J connectivity index is 1.38. The van der Waals surface area contributed by atoms with Crippen LogP contribution in [0.4, 0.5) is 0 Å². The molecule has 150 valence electrons. The number of benzene rings is 2. The number of para-hydroxylation sites is 1. The first-order valence-electron chi connectivity index (χ1n) is 9.23. The van der Waals surface area contributed by atoms with Crippen molar-refractivity contribution in [3.05, 3.63) is 54.6 Å². The minimum Gasteiger partial charge on any atom is -0.492 e. The van der Waals surface area contributed by atoms with E-state index >= 15 is 0 Å². The normalized spacial score (nSPS) is 14.6. The number of hydrogen-bond acceptors (Lipinski definition) is 5. The molecule has 3 rings (SSSR count). The molecular weight excluding hydrogens is 380 g/mol. The summed E-state index contributed by atoms with van der Waals surface area (Å²) in [6, 6.07) is 15.5. The van der Waals surface area contributed by atoms with Crippen molar-refractivity contribution in [1.29, 1.82) is 0 Å². The molecule has 7 nitrogen and oxygen atoms in total. The lowest BCUT2D eigenvalue weighted by Crippen LogP contribution is -2.32. The molecule has 0 unspecified atom stereocenters. The zero-order valence-corrected chi connectivity index (χ0v) is 16.4. The van der Waals surface area contributed by atoms with Gasteiger partial charge in [-0.3, -0.25) is 4.79 Å². The van der Waals surface area contributed by atoms with Crippen molar-refractivity contribution in [2.75, 3.05) is 32.8 Å². The van der Waals surface area contributed by atoms with Crippen molar-refractivity contribution in [2.45, 2.75) is 17.7 Å². The third kappa shape index (κ3) is 5.46. The minimum absolute atomic E-state index is 0.0624. The van der Waals surface area contributed by atoms with Gasteiger partial charge < -0.3 is 14.8 Å². The Labute approximate surface area is 165 Å². The topological polar surface area (TPSA) is 84.9 Å². The standard InChI is InChI=1S/C20H24N2O5S/c23-20(16-27-17-6-2-1-3-7-17)21-12-15-26-18-8-10-19(11-9-18)28(24,25)22-13-4-5-14-22/h1-3,6-11H,4-5,12-16H2,(H,21,23). The number of ether oxygens (including phenoxy) is 2. The Morgan fingerprint density at radius 3 is 2.25 bits per heavy atom. The van der Waals surface area contributed by atoms with Gasteiger partial charge in [0.25, 0.3) is 5.91 Å². The van der Waals surface area contributed by atoms with Gasteiger partial charge in [0.15, 0.2) is 6.61 Å². The molecule has 0 saturated carbocycles. The van der Waals surface area contributed by atoms with Crippen LogP contribution in [0, 0.1) is 0 Å². The lowest BCUT2D eigenvalue weighted by atomic mass is 10.3. The molecule has 0 aliphatic carbocycles. The van der Waals surface area contributed by atoms with Gasteiger partial charge in [-0.25, -0.2) is 8.42 Å². The molecule has 1 aliphatic heterocycles. The zero-order valence-electron chi connectivity index (χ0n) is 15.5. The van der Waals surface area contributed by atoms with Crippen LogP contribution in [-0.2, 0) is 14.8 Å². The third-order valence-electron chi connectivity index (χ3n) is 4.33. The number of carbonyl (C=O) groups excluding carboxylic acids is 1. The Morgan fingerprint density at radius 2 is 1.57 bits per heavy atom. The number of amides is 1. The van der Waals surface area contributed by atoms with Crippen molar-refractivity contribution >= 4 is 15.9 Å². The summed E-state index contributed by atoms with van der Waals surface area (Å²) in [5.41, 5.74) is 0. The van der Waals surface area contributed by atoms with E-state index in [-0.39, 0.29) is 24.0 Å². The number of carbonyl (C=O) groups is 1. The van der Waals surface area contributed by atoms with Crippen LogP contribution in [0.3, 0.4) is 0 Å². The SMILES string of the molecule is O=C(COc1ccccc1)NCCOc1ccc(S(=O)(=O)N2CCCC2)cc1. The van der Waals surface area contributed by atoms with Crippen molar-refractivity contribution < 1.29 is 22.7 Å². The summed E-state index contributed by atoms with van der Waals surface area (Å²) in [6.45, 7) is 1.69. The predicted octanol–water partition coefficient (Wildman–Crippen LogP) is 2.05. The fourth-order valence-corrected chi connectivity index (χ4v) is 4.38. The van der Waals surface area contributed by atoms with E-state index in [1.54, 1.807) is 36.4 Å². The van der Waals surface area contributed by atoms with Gasteiger partial charge in [0, 0.05) is 13.1 Å². The second kappa shape index (κ2) is 9.57. The Bertz CT molecular complexity index is 863. The van der Waals surface area contributed by atoms with Crippen LogP contribution in [0.2, 0.25) is 0 Å². The lowest BCUT2D eigenvalue weighted by molar-refractivity contribution is -0.123. The first-order valence-corrected chi connectivity index (χ1v) is 10.7. The van der Waals surface area contributed by atoms with E-state index in [2.05, 4.69) is 5.32 Å². The molecule has 0 bridgehead atoms. The molecule has 1 aliphatic rings. The molecule has 1 heterocycles. The van der Waals surface area contributed by atoms with E-state index in [1.165, 1.54) is 4.31 Å². The Hall–Kier alpha value is -2.58. The number of hydrogen-bond donors (Lipinski definition) is 1. The maximum atomic E-state index is 12.5. The highest BCUT2D eigenvalue weighted by molar-refractivity contribution is 7.89. The lowest BCUT2D eigenvalue weighted by Gasteiger charge is -2.15. The van der Waals surface area contributed by atoms with E-state index in [4.69, 9.17) is 9.47 Å². The number of rotatable bonds is 9. The van der Waals surface area contributed by atoms with Crippen LogP contribution in [0.25, 0.3) is 0 Å².